The van der Waals surface area contributed by atoms with Crippen molar-refractivity contribution in [1.29, 1.82) is 0 Å². The third kappa shape index (κ3) is 3.15. The number of allylic oxidation sites excluding steroid dienone is 1. The highest BCUT2D eigenvalue weighted by Gasteiger charge is 2.35. The number of aliphatic hydroxyl groups excluding tert-OH is 1. The molecule has 1 unspecified atom stereocenters. The molecule has 1 atom stereocenters. The van der Waals surface area contributed by atoms with Crippen LogP contribution < -0.4 is 0 Å². The molecule has 0 aliphatic heterocycles. The number of hydrogen-bond donors (Lipinski definition) is 1. The summed E-state index contributed by atoms with van der Waals surface area (Å²) in [5.74, 6) is 0.475. The highest BCUT2D eigenvalue weighted by molar-refractivity contribution is 4.89. The topological polar surface area (TPSA) is 20.2 Å². The standard InChI is InChI=1S/C12H24O/c1-7-8-11(3,4)10(2)12(5,6)9-13/h7,10,13H,1,8-9H2,2-6H3. The van der Waals surface area contributed by atoms with E-state index < -0.39 is 0 Å². The lowest BCUT2D eigenvalue weighted by atomic mass is 9.65. The van der Waals surface area contributed by atoms with Crippen LogP contribution in [-0.2, 0) is 0 Å². The first-order valence-electron chi connectivity index (χ1n) is 4.99. The van der Waals surface area contributed by atoms with Gasteiger partial charge in [0.1, 0.15) is 0 Å². The van der Waals surface area contributed by atoms with Crippen LogP contribution >= 0.6 is 0 Å². The minimum Gasteiger partial charge on any atom is -0.396 e. The molecule has 0 aromatic carbocycles. The molecule has 0 spiro atoms. The second kappa shape index (κ2) is 4.28. The zero-order chi connectivity index (χ0) is 10.7. The van der Waals surface area contributed by atoms with Crippen LogP contribution in [0.3, 0.4) is 0 Å². The quantitative estimate of drug-likeness (QED) is 0.650. The molecule has 0 rings (SSSR count). The Hall–Kier alpha value is -0.300. The van der Waals surface area contributed by atoms with Crippen LogP contribution in [0.25, 0.3) is 0 Å². The summed E-state index contributed by atoms with van der Waals surface area (Å²) in [7, 11) is 0. The maximum atomic E-state index is 9.27. The molecular weight excluding hydrogens is 160 g/mol. The minimum absolute atomic E-state index is 0.00743. The lowest BCUT2D eigenvalue weighted by molar-refractivity contribution is 0.0347. The Labute approximate surface area is 82.9 Å². The zero-order valence-electron chi connectivity index (χ0n) is 9.72. The molecule has 0 aliphatic carbocycles. The Kier molecular flexibility index (Phi) is 4.18. The molecule has 13 heavy (non-hydrogen) atoms. The van der Waals surface area contributed by atoms with Crippen LogP contribution in [0.1, 0.15) is 41.0 Å². The summed E-state index contributed by atoms with van der Waals surface area (Å²) in [4.78, 5) is 0. The Bertz CT molecular complexity index is 168. The summed E-state index contributed by atoms with van der Waals surface area (Å²) in [6, 6.07) is 0. The minimum atomic E-state index is -0.00743. The fourth-order valence-corrected chi connectivity index (χ4v) is 1.74. The van der Waals surface area contributed by atoms with Crippen molar-refractivity contribution in [3.05, 3.63) is 12.7 Å². The van der Waals surface area contributed by atoms with Gasteiger partial charge in [0.25, 0.3) is 0 Å². The Morgan fingerprint density at radius 2 is 1.69 bits per heavy atom. The van der Waals surface area contributed by atoms with Crippen LogP contribution in [0.2, 0.25) is 0 Å². The molecule has 78 valence electrons. The molecule has 0 radical (unpaired) electrons. The lowest BCUT2D eigenvalue weighted by Crippen LogP contribution is -2.36. The molecule has 0 amide bonds. The van der Waals surface area contributed by atoms with Gasteiger partial charge in [0.2, 0.25) is 0 Å². The van der Waals surface area contributed by atoms with E-state index in [0.717, 1.165) is 6.42 Å². The van der Waals surface area contributed by atoms with Crippen molar-refractivity contribution in [1.82, 2.24) is 0 Å². The normalized spacial score (nSPS) is 15.5. The third-order valence-corrected chi connectivity index (χ3v) is 3.42. The van der Waals surface area contributed by atoms with Crippen molar-refractivity contribution in [2.24, 2.45) is 16.7 Å². The average molecular weight is 184 g/mol. The average Bonchev–Trinajstić information content (AvgIpc) is 2.03. The molecule has 1 N–H and O–H groups in total. The van der Waals surface area contributed by atoms with E-state index in [9.17, 15) is 5.11 Å². The van der Waals surface area contributed by atoms with Crippen LogP contribution in [-0.4, -0.2) is 11.7 Å². The summed E-state index contributed by atoms with van der Waals surface area (Å²) >= 11 is 0. The maximum Gasteiger partial charge on any atom is 0.0484 e. The van der Waals surface area contributed by atoms with Crippen LogP contribution in [0.4, 0.5) is 0 Å². The molecule has 0 heterocycles. The zero-order valence-corrected chi connectivity index (χ0v) is 9.72. The predicted molar refractivity (Wildman–Crippen MR) is 58.6 cm³/mol. The van der Waals surface area contributed by atoms with Gasteiger partial charge in [0.15, 0.2) is 0 Å². The van der Waals surface area contributed by atoms with E-state index in [1.807, 2.05) is 6.08 Å². The first-order chi connectivity index (χ1) is 5.78. The van der Waals surface area contributed by atoms with Gasteiger partial charge in [-0.3, -0.25) is 0 Å². The molecule has 0 aromatic heterocycles. The van der Waals surface area contributed by atoms with Gasteiger partial charge in [0.05, 0.1) is 0 Å². The Morgan fingerprint density at radius 3 is 2.00 bits per heavy atom. The molecule has 1 nitrogen and oxygen atoms in total. The first kappa shape index (κ1) is 12.7. The second-order valence-corrected chi connectivity index (χ2v) is 5.35. The molecule has 0 fully saturated rings. The van der Waals surface area contributed by atoms with Gasteiger partial charge in [-0.2, -0.15) is 0 Å². The van der Waals surface area contributed by atoms with Crippen molar-refractivity contribution in [3.8, 4) is 0 Å². The predicted octanol–water partition coefficient (Wildman–Crippen LogP) is 3.24. The monoisotopic (exact) mass is 184 g/mol. The molecular formula is C12H24O. The van der Waals surface area contributed by atoms with Crippen molar-refractivity contribution >= 4 is 0 Å². The molecule has 0 saturated heterocycles. The molecule has 1 heteroatoms. The van der Waals surface area contributed by atoms with Gasteiger partial charge in [0, 0.05) is 6.61 Å². The van der Waals surface area contributed by atoms with Gasteiger partial charge < -0.3 is 5.11 Å². The van der Waals surface area contributed by atoms with E-state index in [0.29, 0.717) is 5.92 Å². The maximum absolute atomic E-state index is 9.27. The summed E-state index contributed by atoms with van der Waals surface area (Å²) < 4.78 is 0. The molecule has 0 aromatic rings. The Balaban J connectivity index is 4.56. The summed E-state index contributed by atoms with van der Waals surface area (Å²) in [5.41, 5.74) is 0.209. The SMILES string of the molecule is C=CCC(C)(C)C(C)C(C)(C)CO. The molecule has 0 aliphatic rings. The van der Waals surface area contributed by atoms with E-state index in [1.54, 1.807) is 0 Å². The Morgan fingerprint density at radius 1 is 1.23 bits per heavy atom. The number of aliphatic hydroxyl groups is 1. The number of hydrogen-bond acceptors (Lipinski definition) is 1. The van der Waals surface area contributed by atoms with E-state index in [1.165, 1.54) is 0 Å². The summed E-state index contributed by atoms with van der Waals surface area (Å²) in [6.45, 7) is 14.9. The molecule has 0 bridgehead atoms. The van der Waals surface area contributed by atoms with Crippen LogP contribution in [0.15, 0.2) is 12.7 Å². The largest absolute Gasteiger partial charge is 0.396 e. The first-order valence-corrected chi connectivity index (χ1v) is 4.99. The summed E-state index contributed by atoms with van der Waals surface area (Å²) in [6.07, 6.45) is 2.96. The second-order valence-electron chi connectivity index (χ2n) is 5.35. The van der Waals surface area contributed by atoms with E-state index >= 15 is 0 Å². The fraction of sp³-hybridized carbons (Fsp3) is 0.833. The molecule has 0 saturated carbocycles. The third-order valence-electron chi connectivity index (χ3n) is 3.42. The van der Waals surface area contributed by atoms with Gasteiger partial charge in [-0.05, 0) is 23.2 Å². The van der Waals surface area contributed by atoms with Crippen molar-refractivity contribution in [2.75, 3.05) is 6.61 Å². The smallest absolute Gasteiger partial charge is 0.0484 e. The lowest BCUT2D eigenvalue weighted by Gasteiger charge is -2.41. The van der Waals surface area contributed by atoms with Crippen LogP contribution in [0, 0.1) is 16.7 Å². The van der Waals surface area contributed by atoms with E-state index in [-0.39, 0.29) is 17.4 Å². The van der Waals surface area contributed by atoms with Crippen molar-refractivity contribution in [2.45, 2.75) is 41.0 Å². The van der Waals surface area contributed by atoms with Gasteiger partial charge in [-0.1, -0.05) is 40.7 Å². The summed E-state index contributed by atoms with van der Waals surface area (Å²) in [5, 5.41) is 9.27. The number of rotatable bonds is 5. The van der Waals surface area contributed by atoms with Crippen LogP contribution in [0.5, 0.6) is 0 Å². The van der Waals surface area contributed by atoms with Crippen molar-refractivity contribution < 1.29 is 5.11 Å². The van der Waals surface area contributed by atoms with Crippen molar-refractivity contribution in [3.63, 3.8) is 0 Å². The highest BCUT2D eigenvalue weighted by Crippen LogP contribution is 2.42. The highest BCUT2D eigenvalue weighted by atomic mass is 16.3. The van der Waals surface area contributed by atoms with Gasteiger partial charge >= 0.3 is 0 Å². The van der Waals surface area contributed by atoms with Gasteiger partial charge in [-0.15, -0.1) is 6.58 Å². The van der Waals surface area contributed by atoms with E-state index in [2.05, 4.69) is 41.2 Å². The fourth-order valence-electron chi connectivity index (χ4n) is 1.74. The van der Waals surface area contributed by atoms with E-state index in [4.69, 9.17) is 0 Å². The van der Waals surface area contributed by atoms with Gasteiger partial charge in [-0.25, -0.2) is 0 Å².